The van der Waals surface area contributed by atoms with Gasteiger partial charge in [-0.1, -0.05) is 20.8 Å². The van der Waals surface area contributed by atoms with Gasteiger partial charge in [-0.2, -0.15) is 0 Å². The number of hydrogen-bond donors (Lipinski definition) is 2. The van der Waals surface area contributed by atoms with Crippen molar-refractivity contribution < 1.29 is 4.79 Å². The highest BCUT2D eigenvalue weighted by Gasteiger charge is 2.38. The van der Waals surface area contributed by atoms with Crippen molar-refractivity contribution in [2.24, 2.45) is 16.1 Å². The van der Waals surface area contributed by atoms with Crippen LogP contribution in [0.3, 0.4) is 0 Å². The van der Waals surface area contributed by atoms with Gasteiger partial charge in [0, 0.05) is 11.6 Å². The molecule has 1 unspecified atom stereocenters. The molecule has 1 aliphatic rings. The van der Waals surface area contributed by atoms with Gasteiger partial charge in [-0.25, -0.2) is 0 Å². The summed E-state index contributed by atoms with van der Waals surface area (Å²) in [7, 11) is 0. The SMILES string of the molecule is CC(C)(C)C1(C)N=C(C(N)=O)C=CN1. The van der Waals surface area contributed by atoms with Gasteiger partial charge in [-0.15, -0.1) is 0 Å². The third-order valence-corrected chi connectivity index (χ3v) is 2.66. The summed E-state index contributed by atoms with van der Waals surface area (Å²) in [6, 6.07) is 0. The van der Waals surface area contributed by atoms with Crippen LogP contribution in [0.1, 0.15) is 27.7 Å². The van der Waals surface area contributed by atoms with E-state index in [0.717, 1.165) is 0 Å². The number of primary amides is 1. The van der Waals surface area contributed by atoms with Crippen LogP contribution in [0.15, 0.2) is 17.3 Å². The van der Waals surface area contributed by atoms with E-state index in [4.69, 9.17) is 5.73 Å². The lowest BCUT2D eigenvalue weighted by Crippen LogP contribution is -2.51. The minimum absolute atomic E-state index is 0.0849. The zero-order chi connectivity index (χ0) is 11.0. The van der Waals surface area contributed by atoms with E-state index in [-0.39, 0.29) is 5.41 Å². The molecule has 3 N–H and O–H groups in total. The van der Waals surface area contributed by atoms with Crippen LogP contribution >= 0.6 is 0 Å². The summed E-state index contributed by atoms with van der Waals surface area (Å²) in [5.41, 5.74) is 4.94. The largest absolute Gasteiger partial charge is 0.367 e. The maximum atomic E-state index is 11.0. The van der Waals surface area contributed by atoms with Crippen LogP contribution in [0.4, 0.5) is 0 Å². The second-order valence-corrected chi connectivity index (χ2v) is 4.66. The Kier molecular flexibility index (Phi) is 2.39. The minimum atomic E-state index is -0.488. The van der Waals surface area contributed by atoms with E-state index in [9.17, 15) is 4.79 Å². The number of carbonyl (C=O) groups is 1. The Morgan fingerprint density at radius 1 is 1.57 bits per heavy atom. The van der Waals surface area contributed by atoms with E-state index in [0.29, 0.717) is 5.71 Å². The number of carbonyl (C=O) groups excluding carboxylic acids is 1. The van der Waals surface area contributed by atoms with Crippen LogP contribution in [-0.2, 0) is 4.79 Å². The van der Waals surface area contributed by atoms with Crippen molar-refractivity contribution in [1.82, 2.24) is 5.32 Å². The van der Waals surface area contributed by atoms with Gasteiger partial charge in [0.15, 0.2) is 0 Å². The van der Waals surface area contributed by atoms with Gasteiger partial charge in [0.2, 0.25) is 0 Å². The van der Waals surface area contributed by atoms with E-state index < -0.39 is 11.6 Å². The van der Waals surface area contributed by atoms with E-state index in [2.05, 4.69) is 31.1 Å². The summed E-state index contributed by atoms with van der Waals surface area (Å²) in [5.74, 6) is -0.488. The van der Waals surface area contributed by atoms with Crippen LogP contribution in [0, 0.1) is 5.41 Å². The lowest BCUT2D eigenvalue weighted by Gasteiger charge is -2.40. The molecule has 0 aromatic rings. The maximum absolute atomic E-state index is 11.0. The third-order valence-electron chi connectivity index (χ3n) is 2.66. The Morgan fingerprint density at radius 2 is 2.14 bits per heavy atom. The van der Waals surface area contributed by atoms with Crippen molar-refractivity contribution in [1.29, 1.82) is 0 Å². The molecule has 0 spiro atoms. The molecule has 4 nitrogen and oxygen atoms in total. The smallest absolute Gasteiger partial charge is 0.267 e. The molecule has 0 radical (unpaired) electrons. The summed E-state index contributed by atoms with van der Waals surface area (Å²) < 4.78 is 0. The highest BCUT2D eigenvalue weighted by molar-refractivity contribution is 6.43. The van der Waals surface area contributed by atoms with Crippen molar-refractivity contribution in [3.8, 4) is 0 Å². The molecule has 1 amide bonds. The molecule has 1 aliphatic heterocycles. The van der Waals surface area contributed by atoms with Crippen molar-refractivity contribution in [2.45, 2.75) is 33.4 Å². The van der Waals surface area contributed by atoms with Crippen molar-refractivity contribution >= 4 is 11.6 Å². The molecule has 0 fully saturated rings. The number of rotatable bonds is 1. The fourth-order valence-corrected chi connectivity index (χ4v) is 1.11. The minimum Gasteiger partial charge on any atom is -0.367 e. The summed E-state index contributed by atoms with van der Waals surface area (Å²) in [6.45, 7) is 8.11. The topological polar surface area (TPSA) is 67.5 Å². The fourth-order valence-electron chi connectivity index (χ4n) is 1.11. The first-order valence-corrected chi connectivity index (χ1v) is 4.60. The molecule has 0 aliphatic carbocycles. The monoisotopic (exact) mass is 195 g/mol. The number of nitrogens with zero attached hydrogens (tertiary/aromatic N) is 1. The maximum Gasteiger partial charge on any atom is 0.267 e. The predicted octanol–water partition coefficient (Wildman–Crippen LogP) is 0.792. The van der Waals surface area contributed by atoms with Crippen molar-refractivity contribution in [3.63, 3.8) is 0 Å². The van der Waals surface area contributed by atoms with Crippen molar-refractivity contribution in [2.75, 3.05) is 0 Å². The first kappa shape index (κ1) is 10.8. The van der Waals surface area contributed by atoms with Gasteiger partial charge in [0.05, 0.1) is 0 Å². The molecule has 78 valence electrons. The van der Waals surface area contributed by atoms with E-state index >= 15 is 0 Å². The molecule has 1 heterocycles. The number of aliphatic imine (C=N–C) groups is 1. The van der Waals surface area contributed by atoms with Gasteiger partial charge >= 0.3 is 0 Å². The fraction of sp³-hybridized carbons (Fsp3) is 0.600. The zero-order valence-electron chi connectivity index (χ0n) is 9.09. The Hall–Kier alpha value is -1.32. The molecule has 1 atom stereocenters. The molecule has 0 saturated heterocycles. The number of amides is 1. The Labute approximate surface area is 84.3 Å². The third kappa shape index (κ3) is 1.78. The quantitative estimate of drug-likeness (QED) is 0.649. The second kappa shape index (κ2) is 3.12. The van der Waals surface area contributed by atoms with E-state index in [1.807, 2.05) is 6.92 Å². The van der Waals surface area contributed by atoms with Crippen LogP contribution in [0.2, 0.25) is 0 Å². The number of nitrogens with one attached hydrogen (secondary N) is 1. The number of hydrogen-bond acceptors (Lipinski definition) is 3. The van der Waals surface area contributed by atoms with E-state index in [1.54, 1.807) is 12.3 Å². The molecule has 0 aromatic heterocycles. The van der Waals surface area contributed by atoms with Gasteiger partial charge in [-0.05, 0) is 13.0 Å². The van der Waals surface area contributed by atoms with Crippen LogP contribution in [0.5, 0.6) is 0 Å². The van der Waals surface area contributed by atoms with Crippen LogP contribution in [-0.4, -0.2) is 17.3 Å². The molecule has 4 heteroatoms. The van der Waals surface area contributed by atoms with Crippen LogP contribution in [0.25, 0.3) is 0 Å². The highest BCUT2D eigenvalue weighted by atomic mass is 16.1. The highest BCUT2D eigenvalue weighted by Crippen LogP contribution is 2.32. The molecule has 0 saturated carbocycles. The van der Waals surface area contributed by atoms with Gasteiger partial charge in [0.1, 0.15) is 11.4 Å². The zero-order valence-corrected chi connectivity index (χ0v) is 9.09. The van der Waals surface area contributed by atoms with Crippen molar-refractivity contribution in [3.05, 3.63) is 12.3 Å². The molecule has 1 rings (SSSR count). The molecular weight excluding hydrogens is 178 g/mol. The summed E-state index contributed by atoms with van der Waals surface area (Å²) >= 11 is 0. The standard InChI is InChI=1S/C10H17N3O/c1-9(2,3)10(4)12-6-5-7(13-10)8(11)14/h5-6,12H,1-4H3,(H2,11,14). The average Bonchev–Trinajstić information content (AvgIpc) is 2.02. The average molecular weight is 195 g/mol. The second-order valence-electron chi connectivity index (χ2n) is 4.66. The molecule has 0 bridgehead atoms. The molecular formula is C10H17N3O. The van der Waals surface area contributed by atoms with Gasteiger partial charge < -0.3 is 11.1 Å². The van der Waals surface area contributed by atoms with Gasteiger partial charge in [-0.3, -0.25) is 9.79 Å². The molecule has 14 heavy (non-hydrogen) atoms. The van der Waals surface area contributed by atoms with E-state index in [1.165, 1.54) is 0 Å². The van der Waals surface area contributed by atoms with Crippen LogP contribution < -0.4 is 11.1 Å². The Balaban J connectivity index is 3.06. The molecule has 0 aromatic carbocycles. The number of nitrogens with two attached hydrogens (primary N) is 1. The summed E-state index contributed by atoms with van der Waals surface area (Å²) in [4.78, 5) is 15.3. The Bertz CT molecular complexity index is 312. The predicted molar refractivity (Wildman–Crippen MR) is 56.8 cm³/mol. The normalized spacial score (nSPS) is 26.7. The van der Waals surface area contributed by atoms with Gasteiger partial charge in [0.25, 0.3) is 5.91 Å². The summed E-state index contributed by atoms with van der Waals surface area (Å²) in [6.07, 6.45) is 3.31. The first-order chi connectivity index (χ1) is 6.26. The summed E-state index contributed by atoms with van der Waals surface area (Å²) in [5, 5.41) is 3.14. The first-order valence-electron chi connectivity index (χ1n) is 4.60. The lowest BCUT2D eigenvalue weighted by molar-refractivity contribution is -0.112. The Morgan fingerprint density at radius 3 is 2.57 bits per heavy atom. The lowest BCUT2D eigenvalue weighted by atomic mass is 9.81.